The summed E-state index contributed by atoms with van der Waals surface area (Å²) >= 11 is 0. The largest absolute Gasteiger partial charge is 0.478 e. The average Bonchev–Trinajstić information content (AvgIpc) is 2.70. The number of pyridine rings is 1. The molecule has 2 aromatic rings. The van der Waals surface area contributed by atoms with E-state index >= 15 is 0 Å². The molecule has 19 heavy (non-hydrogen) atoms. The normalized spacial score (nSPS) is 12.0. The Morgan fingerprint density at radius 1 is 1.42 bits per heavy atom. The van der Waals surface area contributed by atoms with E-state index in [-0.39, 0.29) is 11.0 Å². The van der Waals surface area contributed by atoms with Gasteiger partial charge in [-0.2, -0.15) is 5.10 Å². The van der Waals surface area contributed by atoms with Crippen LogP contribution in [0.25, 0.3) is 11.0 Å². The summed E-state index contributed by atoms with van der Waals surface area (Å²) in [6, 6.07) is 1.66. The van der Waals surface area contributed by atoms with E-state index < -0.39 is 5.97 Å². The second-order valence-corrected chi connectivity index (χ2v) is 5.72. The number of hydrogen-bond donors (Lipinski definition) is 1. The molecule has 0 bridgehead atoms. The van der Waals surface area contributed by atoms with Crippen LogP contribution in [-0.4, -0.2) is 25.8 Å². The van der Waals surface area contributed by atoms with Crippen LogP contribution in [0.2, 0.25) is 0 Å². The van der Waals surface area contributed by atoms with Crippen molar-refractivity contribution in [2.24, 2.45) is 0 Å². The van der Waals surface area contributed by atoms with Crippen LogP contribution in [0.4, 0.5) is 0 Å². The molecule has 0 saturated carbocycles. The fourth-order valence-corrected chi connectivity index (χ4v) is 1.98. The zero-order chi connectivity index (χ0) is 14.2. The van der Waals surface area contributed by atoms with Gasteiger partial charge in [-0.05, 0) is 12.5 Å². The first-order chi connectivity index (χ1) is 8.84. The number of aromatic nitrogens is 3. The molecule has 2 rings (SSSR count). The van der Waals surface area contributed by atoms with Crippen molar-refractivity contribution in [1.29, 1.82) is 0 Å². The lowest BCUT2D eigenvalue weighted by Crippen LogP contribution is -2.16. The summed E-state index contributed by atoms with van der Waals surface area (Å²) in [6.45, 7) is 8.86. The maximum absolute atomic E-state index is 11.4. The number of aromatic carboxylic acids is 1. The zero-order valence-corrected chi connectivity index (χ0v) is 11.8. The Kier molecular flexibility index (Phi) is 3.30. The van der Waals surface area contributed by atoms with E-state index in [1.165, 1.54) is 0 Å². The van der Waals surface area contributed by atoms with Gasteiger partial charge in [-0.15, -0.1) is 0 Å². The summed E-state index contributed by atoms with van der Waals surface area (Å²) in [6.07, 6.45) is 2.52. The number of carboxylic acids is 1. The van der Waals surface area contributed by atoms with E-state index in [4.69, 9.17) is 0 Å². The van der Waals surface area contributed by atoms with E-state index in [2.05, 4.69) is 17.0 Å². The van der Waals surface area contributed by atoms with Crippen LogP contribution in [0, 0.1) is 0 Å². The number of nitrogens with zero attached hydrogens (tertiary/aromatic N) is 3. The van der Waals surface area contributed by atoms with Crippen molar-refractivity contribution in [3.05, 3.63) is 23.5 Å². The Morgan fingerprint density at radius 3 is 2.63 bits per heavy atom. The summed E-state index contributed by atoms with van der Waals surface area (Å²) in [5, 5.41) is 14.2. The molecule has 2 aromatic heterocycles. The van der Waals surface area contributed by atoms with Gasteiger partial charge < -0.3 is 5.11 Å². The quantitative estimate of drug-likeness (QED) is 0.922. The van der Waals surface area contributed by atoms with Crippen molar-refractivity contribution in [1.82, 2.24) is 14.8 Å². The molecule has 0 radical (unpaired) electrons. The maximum atomic E-state index is 11.4. The predicted octanol–water partition coefficient (Wildman–Crippen LogP) is 2.84. The van der Waals surface area contributed by atoms with Crippen molar-refractivity contribution in [2.75, 3.05) is 0 Å². The molecule has 0 amide bonds. The average molecular weight is 261 g/mol. The minimum atomic E-state index is -0.936. The minimum Gasteiger partial charge on any atom is -0.478 e. The summed E-state index contributed by atoms with van der Waals surface area (Å²) in [4.78, 5) is 16.0. The fourth-order valence-electron chi connectivity index (χ4n) is 1.98. The monoisotopic (exact) mass is 261 g/mol. The number of hydrogen-bond acceptors (Lipinski definition) is 3. The Labute approximate surface area is 112 Å². The SMILES string of the molecule is CCCn1ncc2c(C(=O)O)cc(C(C)(C)C)nc21. The van der Waals surface area contributed by atoms with Gasteiger partial charge in [0, 0.05) is 17.7 Å². The summed E-state index contributed by atoms with van der Waals surface area (Å²) in [7, 11) is 0. The molecule has 0 saturated heterocycles. The molecule has 0 spiro atoms. The van der Waals surface area contributed by atoms with Gasteiger partial charge in [0.1, 0.15) is 0 Å². The van der Waals surface area contributed by atoms with E-state index in [0.29, 0.717) is 11.0 Å². The van der Waals surface area contributed by atoms with Crippen LogP contribution in [0.15, 0.2) is 12.3 Å². The molecule has 0 aliphatic carbocycles. The molecular weight excluding hydrogens is 242 g/mol. The van der Waals surface area contributed by atoms with Crippen LogP contribution in [0.5, 0.6) is 0 Å². The second kappa shape index (κ2) is 4.64. The first-order valence-electron chi connectivity index (χ1n) is 6.45. The van der Waals surface area contributed by atoms with Gasteiger partial charge in [0.05, 0.1) is 17.1 Å². The molecule has 5 heteroatoms. The molecule has 0 aliphatic heterocycles. The minimum absolute atomic E-state index is 0.195. The van der Waals surface area contributed by atoms with Gasteiger partial charge >= 0.3 is 5.97 Å². The van der Waals surface area contributed by atoms with Gasteiger partial charge in [-0.3, -0.25) is 0 Å². The standard InChI is InChI=1S/C14H19N3O2/c1-5-6-17-12-10(8-15-17)9(13(18)19)7-11(16-12)14(2,3)4/h7-8H,5-6H2,1-4H3,(H,18,19). The van der Waals surface area contributed by atoms with Crippen LogP contribution < -0.4 is 0 Å². The lowest BCUT2D eigenvalue weighted by atomic mass is 9.90. The number of carboxylic acid groups (broad SMARTS) is 1. The highest BCUT2D eigenvalue weighted by Crippen LogP contribution is 2.26. The first-order valence-corrected chi connectivity index (χ1v) is 6.45. The highest BCUT2D eigenvalue weighted by atomic mass is 16.4. The van der Waals surface area contributed by atoms with Crippen LogP contribution >= 0.6 is 0 Å². The molecule has 0 aromatic carbocycles. The Balaban J connectivity index is 2.75. The molecule has 0 atom stereocenters. The molecule has 1 N–H and O–H groups in total. The third kappa shape index (κ3) is 2.45. The van der Waals surface area contributed by atoms with Crippen molar-refractivity contribution in [3.8, 4) is 0 Å². The molecule has 0 aliphatic rings. The van der Waals surface area contributed by atoms with E-state index in [1.807, 2.05) is 20.8 Å². The molecule has 5 nitrogen and oxygen atoms in total. The molecule has 0 unspecified atom stereocenters. The fraction of sp³-hybridized carbons (Fsp3) is 0.500. The molecular formula is C14H19N3O2. The van der Waals surface area contributed by atoms with Crippen molar-refractivity contribution < 1.29 is 9.90 Å². The summed E-state index contributed by atoms with van der Waals surface area (Å²) in [5.41, 5.74) is 1.51. The van der Waals surface area contributed by atoms with E-state index in [1.54, 1.807) is 16.9 Å². The highest BCUT2D eigenvalue weighted by Gasteiger charge is 2.22. The van der Waals surface area contributed by atoms with Crippen LogP contribution in [0.3, 0.4) is 0 Å². The van der Waals surface area contributed by atoms with Gasteiger partial charge in [0.15, 0.2) is 5.65 Å². The molecule has 2 heterocycles. The summed E-state index contributed by atoms with van der Waals surface area (Å²) < 4.78 is 1.77. The highest BCUT2D eigenvalue weighted by molar-refractivity contribution is 6.01. The van der Waals surface area contributed by atoms with Crippen molar-refractivity contribution in [2.45, 2.75) is 46.1 Å². The van der Waals surface area contributed by atoms with Crippen LogP contribution in [0.1, 0.15) is 50.2 Å². The smallest absolute Gasteiger partial charge is 0.336 e. The van der Waals surface area contributed by atoms with Gasteiger partial charge in [0.25, 0.3) is 0 Å². The number of carbonyl (C=O) groups is 1. The molecule has 0 fully saturated rings. The van der Waals surface area contributed by atoms with E-state index in [0.717, 1.165) is 18.7 Å². The number of fused-ring (bicyclic) bond motifs is 1. The number of rotatable bonds is 3. The van der Waals surface area contributed by atoms with E-state index in [9.17, 15) is 9.90 Å². The number of aryl methyl sites for hydroxylation is 1. The molecule has 102 valence electrons. The Hall–Kier alpha value is -1.91. The van der Waals surface area contributed by atoms with Gasteiger partial charge in [0.2, 0.25) is 0 Å². The lowest BCUT2D eigenvalue weighted by molar-refractivity contribution is 0.0699. The van der Waals surface area contributed by atoms with Crippen LogP contribution in [-0.2, 0) is 12.0 Å². The topological polar surface area (TPSA) is 68.0 Å². The van der Waals surface area contributed by atoms with Crippen molar-refractivity contribution in [3.63, 3.8) is 0 Å². The Bertz CT molecular complexity index is 623. The summed E-state index contributed by atoms with van der Waals surface area (Å²) in [5.74, 6) is -0.936. The van der Waals surface area contributed by atoms with Crippen molar-refractivity contribution >= 4 is 17.0 Å². The van der Waals surface area contributed by atoms with Gasteiger partial charge in [-0.25, -0.2) is 14.5 Å². The van der Waals surface area contributed by atoms with Gasteiger partial charge in [-0.1, -0.05) is 27.7 Å². The maximum Gasteiger partial charge on any atom is 0.336 e. The lowest BCUT2D eigenvalue weighted by Gasteiger charge is -2.18. The second-order valence-electron chi connectivity index (χ2n) is 5.72. The zero-order valence-electron chi connectivity index (χ0n) is 11.8. The third-order valence-electron chi connectivity index (χ3n) is 3.04. The third-order valence-corrected chi connectivity index (χ3v) is 3.04. The first kappa shape index (κ1) is 13.5. The predicted molar refractivity (Wildman–Crippen MR) is 73.5 cm³/mol. The Morgan fingerprint density at radius 2 is 2.11 bits per heavy atom.